The molecule has 0 fully saturated rings. The van der Waals surface area contributed by atoms with E-state index in [2.05, 4.69) is 0 Å². The quantitative estimate of drug-likeness (QED) is 0.939. The lowest BCUT2D eigenvalue weighted by Gasteiger charge is -2.33. The van der Waals surface area contributed by atoms with E-state index in [1.54, 1.807) is 15.7 Å². The van der Waals surface area contributed by atoms with Gasteiger partial charge in [-0.15, -0.1) is 0 Å². The Hall–Kier alpha value is -1.81. The van der Waals surface area contributed by atoms with Gasteiger partial charge in [0.15, 0.2) is 0 Å². The summed E-state index contributed by atoms with van der Waals surface area (Å²) >= 11 is 0. The van der Waals surface area contributed by atoms with Gasteiger partial charge in [0.1, 0.15) is 0 Å². The third-order valence-electron chi connectivity index (χ3n) is 3.73. The van der Waals surface area contributed by atoms with Gasteiger partial charge in [-0.3, -0.25) is 4.79 Å². The van der Waals surface area contributed by atoms with Gasteiger partial charge in [0.2, 0.25) is 6.23 Å². The molecule has 1 heterocycles. The molecule has 4 nitrogen and oxygen atoms in total. The number of aliphatic hydroxyl groups is 1. The van der Waals surface area contributed by atoms with Crippen molar-refractivity contribution in [3.8, 4) is 0 Å². The van der Waals surface area contributed by atoms with Crippen molar-refractivity contribution in [1.82, 2.24) is 9.47 Å². The van der Waals surface area contributed by atoms with Crippen LogP contribution in [0, 0.1) is 6.92 Å². The van der Waals surface area contributed by atoms with E-state index in [1.807, 2.05) is 58.9 Å². The third kappa shape index (κ3) is 2.95. The van der Waals surface area contributed by atoms with Crippen LogP contribution in [0.15, 0.2) is 30.5 Å². The highest BCUT2D eigenvalue weighted by Gasteiger charge is 2.28. The van der Waals surface area contributed by atoms with Gasteiger partial charge >= 0.3 is 0 Å². The highest BCUT2D eigenvalue weighted by atomic mass is 16.3. The predicted octanol–water partition coefficient (Wildman–Crippen LogP) is 3.09. The van der Waals surface area contributed by atoms with Crippen LogP contribution in [-0.4, -0.2) is 32.6 Å². The molecule has 1 aromatic heterocycles. The first-order chi connectivity index (χ1) is 9.82. The number of aryl methyl sites for hydroxylation is 1. The molecule has 0 bridgehead atoms. The van der Waals surface area contributed by atoms with Crippen LogP contribution in [0.5, 0.6) is 0 Å². The minimum absolute atomic E-state index is 0.0516. The van der Waals surface area contributed by atoms with Crippen molar-refractivity contribution in [3.63, 3.8) is 0 Å². The van der Waals surface area contributed by atoms with Gasteiger partial charge in [0.05, 0.1) is 5.52 Å². The number of hydrogen-bond donors (Lipinski definition) is 1. The molecule has 0 aliphatic carbocycles. The lowest BCUT2D eigenvalue weighted by Crippen LogP contribution is -2.45. The number of rotatable bonds is 4. The zero-order valence-electron chi connectivity index (χ0n) is 13.4. The summed E-state index contributed by atoms with van der Waals surface area (Å²) in [5, 5.41) is 11.5. The third-order valence-corrected chi connectivity index (χ3v) is 3.73. The summed E-state index contributed by atoms with van der Waals surface area (Å²) in [4.78, 5) is 14.3. The first-order valence-corrected chi connectivity index (χ1v) is 7.40. The Labute approximate surface area is 126 Å². The van der Waals surface area contributed by atoms with Gasteiger partial charge < -0.3 is 14.6 Å². The average molecular weight is 288 g/mol. The number of carbonyl (C=O) groups excluding carboxylic acids is 1. The van der Waals surface area contributed by atoms with Crippen LogP contribution in [0.3, 0.4) is 0 Å². The second-order valence-electron chi connectivity index (χ2n) is 6.09. The van der Waals surface area contributed by atoms with E-state index < -0.39 is 6.23 Å². The minimum atomic E-state index is -1.19. The van der Waals surface area contributed by atoms with Crippen LogP contribution in [0.2, 0.25) is 0 Å². The number of aliphatic hydroxyl groups excluding tert-OH is 1. The van der Waals surface area contributed by atoms with E-state index in [4.69, 9.17) is 0 Å². The Morgan fingerprint density at radius 1 is 1.14 bits per heavy atom. The van der Waals surface area contributed by atoms with Crippen LogP contribution in [0.25, 0.3) is 10.9 Å². The van der Waals surface area contributed by atoms with Gasteiger partial charge in [0, 0.05) is 18.3 Å². The fourth-order valence-corrected chi connectivity index (χ4v) is 2.83. The molecule has 1 atom stereocenters. The Balaban J connectivity index is 2.39. The van der Waals surface area contributed by atoms with Crippen molar-refractivity contribution in [2.75, 3.05) is 0 Å². The zero-order chi connectivity index (χ0) is 15.7. The second kappa shape index (κ2) is 5.90. The highest BCUT2D eigenvalue weighted by Crippen LogP contribution is 2.22. The van der Waals surface area contributed by atoms with Crippen molar-refractivity contribution in [3.05, 3.63) is 36.0 Å². The van der Waals surface area contributed by atoms with Gasteiger partial charge in [-0.1, -0.05) is 12.1 Å². The summed E-state index contributed by atoms with van der Waals surface area (Å²) in [6, 6.07) is 8.03. The topological polar surface area (TPSA) is 45.5 Å². The van der Waals surface area contributed by atoms with Crippen molar-refractivity contribution in [2.45, 2.75) is 52.9 Å². The molecule has 4 heteroatoms. The summed E-state index contributed by atoms with van der Waals surface area (Å²) in [6.07, 6.45) is 0.583. The molecule has 2 aromatic rings. The maximum absolute atomic E-state index is 12.6. The van der Waals surface area contributed by atoms with Crippen molar-refractivity contribution in [1.29, 1.82) is 0 Å². The molecular formula is C17H24N2O2. The van der Waals surface area contributed by atoms with E-state index in [9.17, 15) is 9.90 Å². The zero-order valence-corrected chi connectivity index (χ0v) is 13.4. The summed E-state index contributed by atoms with van der Waals surface area (Å²) in [5.74, 6) is -0.265. The number of carbonyl (C=O) groups is 1. The second-order valence-corrected chi connectivity index (χ2v) is 6.09. The summed E-state index contributed by atoms with van der Waals surface area (Å²) in [5.41, 5.74) is 1.98. The molecule has 1 amide bonds. The average Bonchev–Trinajstić information content (AvgIpc) is 2.79. The molecule has 21 heavy (non-hydrogen) atoms. The van der Waals surface area contributed by atoms with E-state index in [0.29, 0.717) is 0 Å². The van der Waals surface area contributed by atoms with Crippen LogP contribution >= 0.6 is 0 Å². The van der Waals surface area contributed by atoms with E-state index in [-0.39, 0.29) is 18.0 Å². The number of hydrogen-bond acceptors (Lipinski definition) is 2. The fourth-order valence-electron chi connectivity index (χ4n) is 2.83. The smallest absolute Gasteiger partial charge is 0.273 e. The van der Waals surface area contributed by atoms with Gasteiger partial charge in [-0.25, -0.2) is 0 Å². The lowest BCUT2D eigenvalue weighted by atomic mass is 10.2. The predicted molar refractivity (Wildman–Crippen MR) is 85.0 cm³/mol. The normalized spacial score (nSPS) is 13.1. The highest BCUT2D eigenvalue weighted by molar-refractivity contribution is 5.85. The van der Waals surface area contributed by atoms with Crippen LogP contribution < -0.4 is 0 Å². The minimum Gasteiger partial charge on any atom is -0.365 e. The standard InChI is InChI=1S/C17H24N2O2/c1-11(2)19(12(3)4)17(21)16(20)18-9-8-14-7-6-13(5)10-15(14)18/h6-12,16,20H,1-5H3. The molecule has 2 rings (SSSR count). The molecule has 0 spiro atoms. The van der Waals surface area contributed by atoms with E-state index >= 15 is 0 Å². The van der Waals surface area contributed by atoms with Crippen molar-refractivity contribution < 1.29 is 9.90 Å². The SMILES string of the molecule is Cc1ccc2ccn(C(O)C(=O)N(C(C)C)C(C)C)c2c1. The van der Waals surface area contributed by atoms with Crippen LogP contribution in [-0.2, 0) is 4.79 Å². The van der Waals surface area contributed by atoms with Crippen molar-refractivity contribution in [2.24, 2.45) is 0 Å². The number of aromatic nitrogens is 1. The molecule has 0 saturated carbocycles. The number of benzene rings is 1. The molecule has 1 N–H and O–H groups in total. The molecular weight excluding hydrogens is 264 g/mol. The molecule has 1 unspecified atom stereocenters. The summed E-state index contributed by atoms with van der Waals surface area (Å²) in [6.45, 7) is 9.84. The van der Waals surface area contributed by atoms with E-state index in [0.717, 1.165) is 16.5 Å². The number of nitrogens with zero attached hydrogens (tertiary/aromatic N) is 2. The van der Waals surface area contributed by atoms with Gasteiger partial charge in [-0.05, 0) is 57.7 Å². The molecule has 0 radical (unpaired) electrons. The Morgan fingerprint density at radius 2 is 1.76 bits per heavy atom. The van der Waals surface area contributed by atoms with Crippen molar-refractivity contribution >= 4 is 16.8 Å². The Morgan fingerprint density at radius 3 is 2.33 bits per heavy atom. The molecule has 0 aliphatic heterocycles. The molecule has 0 aliphatic rings. The lowest BCUT2D eigenvalue weighted by molar-refractivity contribution is -0.148. The monoisotopic (exact) mass is 288 g/mol. The van der Waals surface area contributed by atoms with E-state index in [1.165, 1.54) is 0 Å². The largest absolute Gasteiger partial charge is 0.365 e. The first kappa shape index (κ1) is 15.6. The maximum Gasteiger partial charge on any atom is 0.273 e. The van der Waals surface area contributed by atoms with Crippen LogP contribution in [0.4, 0.5) is 0 Å². The Bertz CT molecular complexity index is 635. The molecule has 0 saturated heterocycles. The molecule has 114 valence electrons. The van der Waals surface area contributed by atoms with Gasteiger partial charge in [0.25, 0.3) is 5.91 Å². The van der Waals surface area contributed by atoms with Crippen LogP contribution in [0.1, 0.15) is 39.5 Å². The number of fused-ring (bicyclic) bond motifs is 1. The van der Waals surface area contributed by atoms with Gasteiger partial charge in [-0.2, -0.15) is 0 Å². The summed E-state index contributed by atoms with van der Waals surface area (Å²) < 4.78 is 1.64. The number of amides is 1. The summed E-state index contributed by atoms with van der Waals surface area (Å²) in [7, 11) is 0. The Kier molecular flexibility index (Phi) is 4.37. The maximum atomic E-state index is 12.6. The first-order valence-electron chi connectivity index (χ1n) is 7.40. The fraction of sp³-hybridized carbons (Fsp3) is 0.471. The molecule has 1 aromatic carbocycles.